The molecule has 0 spiro atoms. The molecule has 0 aromatic rings. The topological polar surface area (TPSA) is 59.0 Å². The van der Waals surface area contributed by atoms with Crippen LogP contribution >= 0.6 is 0 Å². The first kappa shape index (κ1) is 9.95. The highest BCUT2D eigenvalue weighted by Gasteiger charge is 2.43. The van der Waals surface area contributed by atoms with E-state index in [4.69, 9.17) is 15.7 Å². The Labute approximate surface area is 85.2 Å². The van der Waals surface area contributed by atoms with Crippen LogP contribution in [-0.2, 0) is 4.74 Å². The Morgan fingerprint density at radius 3 is 2.71 bits per heavy atom. The molecule has 2 aliphatic carbocycles. The predicted molar refractivity (Wildman–Crippen MR) is 53.5 cm³/mol. The van der Waals surface area contributed by atoms with Gasteiger partial charge in [0, 0.05) is 17.9 Å². The molecule has 2 N–H and O–H groups in total. The van der Waals surface area contributed by atoms with Gasteiger partial charge in [0.1, 0.15) is 0 Å². The first-order valence-electron chi connectivity index (χ1n) is 5.50. The second-order valence-corrected chi connectivity index (χ2v) is 4.78. The van der Waals surface area contributed by atoms with Crippen molar-refractivity contribution in [3.8, 4) is 6.07 Å². The molecule has 2 unspecified atom stereocenters. The van der Waals surface area contributed by atoms with Gasteiger partial charge in [-0.25, -0.2) is 0 Å². The van der Waals surface area contributed by atoms with Gasteiger partial charge in [-0.05, 0) is 32.1 Å². The van der Waals surface area contributed by atoms with Gasteiger partial charge in [-0.15, -0.1) is 0 Å². The molecule has 0 aromatic heterocycles. The summed E-state index contributed by atoms with van der Waals surface area (Å²) in [6.07, 6.45) is 6.60. The molecule has 78 valence electrons. The Kier molecular flexibility index (Phi) is 2.76. The monoisotopic (exact) mass is 194 g/mol. The van der Waals surface area contributed by atoms with Crippen LogP contribution in [0.25, 0.3) is 0 Å². The van der Waals surface area contributed by atoms with Gasteiger partial charge < -0.3 is 10.5 Å². The number of hydrogen-bond acceptors (Lipinski definition) is 3. The van der Waals surface area contributed by atoms with E-state index >= 15 is 0 Å². The maximum Gasteiger partial charge on any atom is 0.0726 e. The Hall–Kier alpha value is -0.590. The van der Waals surface area contributed by atoms with Crippen LogP contribution in [0.1, 0.15) is 38.5 Å². The average Bonchev–Trinajstić information content (AvgIpc) is 2.81. The minimum atomic E-state index is 0.205. The number of nitrogens with two attached hydrogens (primary N) is 1. The highest BCUT2D eigenvalue weighted by molar-refractivity contribution is 4.99. The number of ether oxygens (including phenoxy) is 1. The van der Waals surface area contributed by atoms with Gasteiger partial charge in [0.2, 0.25) is 0 Å². The average molecular weight is 194 g/mol. The Balaban J connectivity index is 1.74. The molecule has 3 nitrogen and oxygen atoms in total. The van der Waals surface area contributed by atoms with E-state index in [2.05, 4.69) is 6.07 Å². The highest BCUT2D eigenvalue weighted by Crippen LogP contribution is 2.49. The molecular weight excluding hydrogens is 176 g/mol. The molecule has 0 heterocycles. The van der Waals surface area contributed by atoms with E-state index in [0.717, 1.165) is 32.3 Å². The normalized spacial score (nSPS) is 34.0. The molecule has 3 heteroatoms. The quantitative estimate of drug-likeness (QED) is 0.739. The first-order valence-corrected chi connectivity index (χ1v) is 5.50. The molecule has 0 amide bonds. The summed E-state index contributed by atoms with van der Waals surface area (Å²) in [5, 5.41) is 8.66. The van der Waals surface area contributed by atoms with E-state index < -0.39 is 0 Å². The fourth-order valence-corrected chi connectivity index (χ4v) is 2.16. The lowest BCUT2D eigenvalue weighted by Gasteiger charge is -2.19. The van der Waals surface area contributed by atoms with Crippen LogP contribution in [0, 0.1) is 16.7 Å². The zero-order chi connectivity index (χ0) is 10.0. The number of nitriles is 1. The molecule has 2 rings (SSSR count). The van der Waals surface area contributed by atoms with Crippen molar-refractivity contribution in [3.63, 3.8) is 0 Å². The summed E-state index contributed by atoms with van der Waals surface area (Å²) < 4.78 is 5.82. The lowest BCUT2D eigenvalue weighted by atomic mass is 10.1. The molecule has 14 heavy (non-hydrogen) atoms. The van der Waals surface area contributed by atoms with Crippen molar-refractivity contribution in [1.29, 1.82) is 5.26 Å². The van der Waals surface area contributed by atoms with E-state index in [0.29, 0.717) is 6.42 Å². The molecule has 0 aliphatic heterocycles. The second kappa shape index (κ2) is 3.88. The lowest BCUT2D eigenvalue weighted by molar-refractivity contribution is 0.0189. The Morgan fingerprint density at radius 1 is 1.43 bits per heavy atom. The van der Waals surface area contributed by atoms with Crippen LogP contribution < -0.4 is 5.73 Å². The molecule has 0 radical (unpaired) electrons. The largest absolute Gasteiger partial charge is 0.376 e. The highest BCUT2D eigenvalue weighted by atomic mass is 16.5. The minimum absolute atomic E-state index is 0.205. The minimum Gasteiger partial charge on any atom is -0.376 e. The third kappa shape index (κ3) is 2.08. The molecule has 2 fully saturated rings. The fraction of sp³-hybridized carbons (Fsp3) is 0.909. The zero-order valence-electron chi connectivity index (χ0n) is 8.54. The van der Waals surface area contributed by atoms with Crippen LogP contribution in [0.3, 0.4) is 0 Å². The van der Waals surface area contributed by atoms with Crippen LogP contribution in [0.2, 0.25) is 0 Å². The van der Waals surface area contributed by atoms with E-state index in [9.17, 15) is 0 Å². The van der Waals surface area contributed by atoms with Crippen molar-refractivity contribution >= 4 is 0 Å². The molecule has 0 aromatic carbocycles. The molecule has 2 aliphatic rings. The van der Waals surface area contributed by atoms with E-state index in [1.54, 1.807) is 0 Å². The van der Waals surface area contributed by atoms with Crippen molar-refractivity contribution < 1.29 is 4.74 Å². The van der Waals surface area contributed by atoms with Gasteiger partial charge in [0.05, 0.1) is 18.8 Å². The molecule has 0 saturated heterocycles. The Bertz CT molecular complexity index is 242. The molecular formula is C11H18N2O. The third-order valence-electron chi connectivity index (χ3n) is 3.52. The lowest BCUT2D eigenvalue weighted by Crippen LogP contribution is -2.33. The zero-order valence-corrected chi connectivity index (χ0v) is 8.54. The summed E-state index contributed by atoms with van der Waals surface area (Å²) in [5.74, 6) is 0. The van der Waals surface area contributed by atoms with E-state index in [-0.39, 0.29) is 17.6 Å². The van der Waals surface area contributed by atoms with Crippen molar-refractivity contribution in [2.75, 3.05) is 6.61 Å². The van der Waals surface area contributed by atoms with Crippen LogP contribution in [0.5, 0.6) is 0 Å². The Morgan fingerprint density at radius 2 is 2.21 bits per heavy atom. The first-order chi connectivity index (χ1) is 6.76. The summed E-state index contributed by atoms with van der Waals surface area (Å²) in [6, 6.07) is 2.48. The maximum absolute atomic E-state index is 8.66. The smallest absolute Gasteiger partial charge is 0.0726 e. The summed E-state index contributed by atoms with van der Waals surface area (Å²) >= 11 is 0. The van der Waals surface area contributed by atoms with Gasteiger partial charge in [-0.3, -0.25) is 0 Å². The van der Waals surface area contributed by atoms with Gasteiger partial charge >= 0.3 is 0 Å². The summed E-state index contributed by atoms with van der Waals surface area (Å²) in [4.78, 5) is 0. The van der Waals surface area contributed by atoms with Gasteiger partial charge in [-0.1, -0.05) is 0 Å². The van der Waals surface area contributed by atoms with Crippen molar-refractivity contribution in [3.05, 3.63) is 0 Å². The van der Waals surface area contributed by atoms with Crippen LogP contribution in [0.4, 0.5) is 0 Å². The van der Waals surface area contributed by atoms with Crippen molar-refractivity contribution in [2.45, 2.75) is 50.7 Å². The summed E-state index contributed by atoms with van der Waals surface area (Å²) in [5.41, 5.74) is 6.12. The summed E-state index contributed by atoms with van der Waals surface area (Å²) in [7, 11) is 0. The van der Waals surface area contributed by atoms with Gasteiger partial charge in [-0.2, -0.15) is 5.26 Å². The molecule has 2 saturated carbocycles. The summed E-state index contributed by atoms with van der Waals surface area (Å²) in [6.45, 7) is 0.749. The number of rotatable bonds is 4. The van der Waals surface area contributed by atoms with Crippen molar-refractivity contribution in [1.82, 2.24) is 0 Å². The van der Waals surface area contributed by atoms with Gasteiger partial charge in [0.15, 0.2) is 0 Å². The predicted octanol–water partition coefficient (Wildman–Crippen LogP) is 1.58. The van der Waals surface area contributed by atoms with E-state index in [1.807, 2.05) is 0 Å². The van der Waals surface area contributed by atoms with Crippen LogP contribution in [-0.4, -0.2) is 18.8 Å². The fourth-order valence-electron chi connectivity index (χ4n) is 2.16. The standard InChI is InChI=1S/C11H18N2O/c12-7-6-11(4-5-11)8-14-10-3-1-2-9(10)13/h9-10H,1-6,8,13H2. The second-order valence-electron chi connectivity index (χ2n) is 4.78. The molecule has 2 atom stereocenters. The number of hydrogen-bond donors (Lipinski definition) is 1. The SMILES string of the molecule is N#CCC1(COC2CCCC2N)CC1. The van der Waals surface area contributed by atoms with Crippen LogP contribution in [0.15, 0.2) is 0 Å². The van der Waals surface area contributed by atoms with Gasteiger partial charge in [0.25, 0.3) is 0 Å². The number of nitrogens with zero attached hydrogens (tertiary/aromatic N) is 1. The van der Waals surface area contributed by atoms with E-state index in [1.165, 1.54) is 6.42 Å². The third-order valence-corrected chi connectivity index (χ3v) is 3.52. The molecule has 0 bridgehead atoms. The van der Waals surface area contributed by atoms with Crippen molar-refractivity contribution in [2.24, 2.45) is 11.1 Å². The maximum atomic E-state index is 8.66.